The molecule has 1 aliphatic rings. The predicted octanol–water partition coefficient (Wildman–Crippen LogP) is 2.42. The Balaban J connectivity index is 0. The molecule has 1 aromatic rings. The summed E-state index contributed by atoms with van der Waals surface area (Å²) in [6.07, 6.45) is 8.05. The fraction of sp³-hybridized carbons (Fsp3) is 0.353. The Hall–Kier alpha value is -2.45. The number of halogens is 2. The Bertz CT molecular complexity index is 556. The second kappa shape index (κ2) is 17.4. The number of primary amides is 1. The molecule has 0 aliphatic heterocycles. The molecule has 0 bridgehead atoms. The van der Waals surface area contributed by atoms with Gasteiger partial charge in [-0.3, -0.25) is 14.4 Å². The average molecular weight is 391 g/mol. The molecular formula is C17H24ClFN2O5. The molecule has 2 rings (SSSR count). The van der Waals surface area contributed by atoms with E-state index in [0.717, 1.165) is 19.2 Å². The number of amides is 2. The van der Waals surface area contributed by atoms with Crippen LogP contribution in [-0.4, -0.2) is 37.6 Å². The largest absolute Gasteiger partial charge is 0.471 e. The Morgan fingerprint density at radius 2 is 1.85 bits per heavy atom. The third kappa shape index (κ3) is 16.4. The van der Waals surface area contributed by atoms with Crippen LogP contribution in [0.1, 0.15) is 25.7 Å². The molecule has 2 amide bonds. The summed E-state index contributed by atoms with van der Waals surface area (Å²) >= 11 is 5.56. The smallest absolute Gasteiger partial charge is 0.292 e. The minimum absolute atomic E-state index is 0.157. The van der Waals surface area contributed by atoms with Crippen LogP contribution in [0, 0.1) is 5.82 Å². The highest BCUT2D eigenvalue weighted by Gasteiger charge is 2.07. The molecule has 0 atom stereocenters. The maximum absolute atomic E-state index is 12.8. The van der Waals surface area contributed by atoms with Crippen LogP contribution in [-0.2, 0) is 19.1 Å². The van der Waals surface area contributed by atoms with Crippen LogP contribution in [0.15, 0.2) is 30.4 Å². The van der Waals surface area contributed by atoms with E-state index < -0.39 is 24.1 Å². The second-order valence-electron chi connectivity index (χ2n) is 4.58. The number of anilines is 1. The molecular weight excluding hydrogens is 367 g/mol. The molecule has 1 aromatic carbocycles. The van der Waals surface area contributed by atoms with Crippen LogP contribution in [0.3, 0.4) is 0 Å². The number of methoxy groups -OCH3 is 1. The number of rotatable bonds is 4. The number of allylic oxidation sites excluding steroid dienone is 2. The van der Waals surface area contributed by atoms with E-state index in [2.05, 4.69) is 22.2 Å². The van der Waals surface area contributed by atoms with Gasteiger partial charge in [-0.15, -0.1) is 0 Å². The fourth-order valence-corrected chi connectivity index (χ4v) is 1.80. The molecule has 0 aromatic heterocycles. The topological polar surface area (TPSA) is 119 Å². The zero-order valence-corrected chi connectivity index (χ0v) is 15.5. The van der Waals surface area contributed by atoms with Gasteiger partial charge in [0.05, 0.1) is 7.11 Å². The molecule has 0 saturated carbocycles. The first kappa shape index (κ1) is 25.8. The lowest BCUT2D eigenvalue weighted by molar-refractivity contribution is -0.126. The number of carbonyl (C=O) groups is 3. The number of nitrogens with one attached hydrogen (secondary N) is 1. The summed E-state index contributed by atoms with van der Waals surface area (Å²) in [5.41, 5.74) is 4.99. The van der Waals surface area contributed by atoms with Crippen molar-refractivity contribution in [3.8, 4) is 0 Å². The van der Waals surface area contributed by atoms with Gasteiger partial charge < -0.3 is 20.9 Å². The van der Waals surface area contributed by atoms with Gasteiger partial charge in [-0.25, -0.2) is 4.39 Å². The second-order valence-corrected chi connectivity index (χ2v) is 5.02. The van der Waals surface area contributed by atoms with Crippen molar-refractivity contribution in [1.82, 2.24) is 0 Å². The highest BCUT2D eigenvalue weighted by Crippen LogP contribution is 2.18. The summed E-state index contributed by atoms with van der Waals surface area (Å²) in [7, 11) is 2.31. The third-order valence-corrected chi connectivity index (χ3v) is 2.70. The van der Waals surface area contributed by atoms with Crippen LogP contribution in [0.5, 0.6) is 0 Å². The van der Waals surface area contributed by atoms with Gasteiger partial charge in [0.15, 0.2) is 0 Å². The highest BCUT2D eigenvalue weighted by atomic mass is 35.5. The van der Waals surface area contributed by atoms with Crippen LogP contribution in [0.4, 0.5) is 10.1 Å². The molecule has 9 heteroatoms. The molecule has 0 radical (unpaired) electrons. The number of ether oxygens (including phenoxy) is 1. The van der Waals surface area contributed by atoms with Gasteiger partial charge in [0.2, 0.25) is 11.8 Å². The fourth-order valence-electron chi connectivity index (χ4n) is 1.58. The monoisotopic (exact) mass is 390 g/mol. The van der Waals surface area contributed by atoms with Crippen molar-refractivity contribution in [3.63, 3.8) is 0 Å². The van der Waals surface area contributed by atoms with E-state index in [1.54, 1.807) is 0 Å². The highest BCUT2D eigenvalue weighted by molar-refractivity contribution is 6.30. The van der Waals surface area contributed by atoms with Crippen molar-refractivity contribution in [1.29, 1.82) is 0 Å². The van der Waals surface area contributed by atoms with Crippen molar-refractivity contribution in [2.75, 3.05) is 19.5 Å². The van der Waals surface area contributed by atoms with E-state index in [9.17, 15) is 14.0 Å². The Morgan fingerprint density at radius 1 is 1.31 bits per heavy atom. The number of aliphatic hydroxyl groups is 1. The summed E-state index contributed by atoms with van der Waals surface area (Å²) in [6, 6.07) is 3.56. The van der Waals surface area contributed by atoms with Crippen LogP contribution >= 0.6 is 11.6 Å². The SMILES string of the molecule is C1=CCCC1.CO.COC=O.NC(=O)CC(=O)Nc1cc(F)cc(Cl)c1. The predicted molar refractivity (Wildman–Crippen MR) is 98.1 cm³/mol. The number of hydrogen-bond donors (Lipinski definition) is 3. The van der Waals surface area contributed by atoms with E-state index in [-0.39, 0.29) is 10.7 Å². The first-order valence-electron chi connectivity index (χ1n) is 7.49. The van der Waals surface area contributed by atoms with Crippen LogP contribution in [0.25, 0.3) is 0 Å². The Morgan fingerprint density at radius 3 is 2.19 bits per heavy atom. The summed E-state index contributed by atoms with van der Waals surface area (Å²) in [4.78, 5) is 30.4. The maximum atomic E-state index is 12.8. The van der Waals surface area contributed by atoms with Gasteiger partial charge >= 0.3 is 0 Å². The molecule has 1 aliphatic carbocycles. The summed E-state index contributed by atoms with van der Waals surface area (Å²) in [5, 5.41) is 9.45. The van der Waals surface area contributed by atoms with Gasteiger partial charge in [-0.2, -0.15) is 0 Å². The van der Waals surface area contributed by atoms with E-state index in [4.69, 9.17) is 27.2 Å². The van der Waals surface area contributed by atoms with E-state index in [1.165, 1.54) is 32.4 Å². The first-order valence-corrected chi connectivity index (χ1v) is 7.87. The first-order chi connectivity index (χ1) is 12.4. The van der Waals surface area contributed by atoms with Crippen LogP contribution in [0.2, 0.25) is 5.02 Å². The molecule has 4 N–H and O–H groups in total. The molecule has 26 heavy (non-hydrogen) atoms. The van der Waals surface area contributed by atoms with Crippen molar-refractivity contribution in [2.24, 2.45) is 5.73 Å². The van der Waals surface area contributed by atoms with Crippen molar-refractivity contribution in [3.05, 3.63) is 41.2 Å². The Labute approximate surface area is 157 Å². The van der Waals surface area contributed by atoms with Gasteiger partial charge in [0, 0.05) is 17.8 Å². The van der Waals surface area contributed by atoms with Gasteiger partial charge in [-0.05, 0) is 37.5 Å². The van der Waals surface area contributed by atoms with E-state index in [0.29, 0.717) is 6.47 Å². The molecule has 0 heterocycles. The average Bonchev–Trinajstić information content (AvgIpc) is 3.15. The number of hydrogen-bond acceptors (Lipinski definition) is 5. The van der Waals surface area contributed by atoms with Crippen LogP contribution < -0.4 is 11.1 Å². The van der Waals surface area contributed by atoms with Crippen molar-refractivity contribution in [2.45, 2.75) is 25.7 Å². The number of aliphatic hydroxyl groups excluding tert-OH is 1. The van der Waals surface area contributed by atoms with Gasteiger partial charge in [0.1, 0.15) is 12.2 Å². The molecule has 0 unspecified atom stereocenters. The lowest BCUT2D eigenvalue weighted by atomic mass is 10.3. The molecule has 146 valence electrons. The Kier molecular flexibility index (Phi) is 17.2. The standard InChI is InChI=1S/C9H8ClFN2O2.C5H8.C2H4O2.CH4O/c10-5-1-6(11)3-7(2-5)13-9(15)4-8(12)14;1-2-4-5-3-1;1-4-2-3;1-2/h1-3H,4H2,(H2,12,14)(H,13,15);1-2H,3-5H2;2H,1H3;2H,1H3. The molecule has 7 nitrogen and oxygen atoms in total. The molecule has 0 spiro atoms. The summed E-state index contributed by atoms with van der Waals surface area (Å²) in [6.45, 7) is 0.375. The lowest BCUT2D eigenvalue weighted by Crippen LogP contribution is -2.21. The maximum Gasteiger partial charge on any atom is 0.292 e. The summed E-state index contributed by atoms with van der Waals surface area (Å²) < 4.78 is 16.7. The number of benzene rings is 1. The number of carbonyl (C=O) groups excluding carboxylic acids is 3. The van der Waals surface area contributed by atoms with E-state index >= 15 is 0 Å². The number of nitrogens with two attached hydrogens (primary N) is 1. The van der Waals surface area contributed by atoms with Crippen molar-refractivity contribution < 1.29 is 28.6 Å². The van der Waals surface area contributed by atoms with Gasteiger partial charge in [0.25, 0.3) is 6.47 Å². The minimum Gasteiger partial charge on any atom is -0.471 e. The zero-order chi connectivity index (χ0) is 20.4. The van der Waals surface area contributed by atoms with Gasteiger partial charge in [-0.1, -0.05) is 23.8 Å². The third-order valence-electron chi connectivity index (χ3n) is 2.49. The van der Waals surface area contributed by atoms with Crippen molar-refractivity contribution >= 4 is 35.6 Å². The molecule has 0 fully saturated rings. The summed E-state index contributed by atoms with van der Waals surface area (Å²) in [5.74, 6) is -1.93. The quantitative estimate of drug-likeness (QED) is 0.414. The molecule has 0 saturated heterocycles. The lowest BCUT2D eigenvalue weighted by Gasteiger charge is -2.04. The minimum atomic E-state index is -0.755. The van der Waals surface area contributed by atoms with E-state index in [1.807, 2.05) is 0 Å². The normalized spacial score (nSPS) is 10.7. The zero-order valence-electron chi connectivity index (χ0n) is 14.7.